The predicted octanol–water partition coefficient (Wildman–Crippen LogP) is 3.74. The normalized spacial score (nSPS) is 10.2. The molecule has 2 rings (SSSR count). The molecular weight excluding hydrogens is 340 g/mol. The zero-order valence-corrected chi connectivity index (χ0v) is 15.2. The third kappa shape index (κ3) is 5.53. The second kappa shape index (κ2) is 9.13. The second-order valence-electron chi connectivity index (χ2n) is 5.21. The zero-order chi connectivity index (χ0) is 18.2. The Labute approximate surface area is 151 Å². The number of methoxy groups -OCH3 is 2. The van der Waals surface area contributed by atoms with E-state index >= 15 is 0 Å². The lowest BCUT2D eigenvalue weighted by Crippen LogP contribution is -2.08. The standard InChI is InChI=1S/C19H20O5S/c1-13(20)14-4-9-18(23-3)15(10-14)11-24-19(21)12-25-17-7-5-16(22-2)6-8-17/h4-10H,11-12H2,1-3H3. The highest BCUT2D eigenvalue weighted by atomic mass is 32.2. The molecule has 0 N–H and O–H groups in total. The molecule has 2 aromatic rings. The Balaban J connectivity index is 1.90. The Hall–Kier alpha value is -2.47. The van der Waals surface area contributed by atoms with E-state index in [0.717, 1.165) is 10.6 Å². The minimum atomic E-state index is -0.337. The fourth-order valence-corrected chi connectivity index (χ4v) is 2.82. The van der Waals surface area contributed by atoms with Crippen LogP contribution in [0.25, 0.3) is 0 Å². The Morgan fingerprint density at radius 1 is 1.00 bits per heavy atom. The topological polar surface area (TPSA) is 61.8 Å². The molecule has 0 aromatic heterocycles. The van der Waals surface area contributed by atoms with Gasteiger partial charge in [-0.3, -0.25) is 9.59 Å². The van der Waals surface area contributed by atoms with Crippen molar-refractivity contribution in [2.75, 3.05) is 20.0 Å². The van der Waals surface area contributed by atoms with E-state index in [2.05, 4.69) is 0 Å². The molecule has 0 spiro atoms. The molecular formula is C19H20O5S. The van der Waals surface area contributed by atoms with E-state index < -0.39 is 0 Å². The van der Waals surface area contributed by atoms with E-state index in [9.17, 15) is 9.59 Å². The molecule has 2 aromatic carbocycles. The Morgan fingerprint density at radius 3 is 2.32 bits per heavy atom. The van der Waals surface area contributed by atoms with Crippen molar-refractivity contribution in [3.63, 3.8) is 0 Å². The first-order chi connectivity index (χ1) is 12.0. The van der Waals surface area contributed by atoms with Crippen LogP contribution in [0.4, 0.5) is 0 Å². The molecule has 25 heavy (non-hydrogen) atoms. The summed E-state index contributed by atoms with van der Waals surface area (Å²) in [5.41, 5.74) is 1.22. The molecule has 6 heteroatoms. The van der Waals surface area contributed by atoms with Crippen molar-refractivity contribution in [1.82, 2.24) is 0 Å². The summed E-state index contributed by atoms with van der Waals surface area (Å²) in [7, 11) is 3.14. The number of thioether (sulfide) groups is 1. The summed E-state index contributed by atoms with van der Waals surface area (Å²) in [6, 6.07) is 12.5. The molecule has 0 atom stereocenters. The highest BCUT2D eigenvalue weighted by Crippen LogP contribution is 2.23. The van der Waals surface area contributed by atoms with Gasteiger partial charge in [0.2, 0.25) is 0 Å². The van der Waals surface area contributed by atoms with E-state index in [1.54, 1.807) is 25.3 Å². The van der Waals surface area contributed by atoms with E-state index in [-0.39, 0.29) is 24.1 Å². The first-order valence-electron chi connectivity index (χ1n) is 7.64. The van der Waals surface area contributed by atoms with Crippen LogP contribution >= 0.6 is 11.8 Å². The maximum absolute atomic E-state index is 12.0. The smallest absolute Gasteiger partial charge is 0.316 e. The number of hydrogen-bond acceptors (Lipinski definition) is 6. The van der Waals surface area contributed by atoms with E-state index in [4.69, 9.17) is 14.2 Å². The van der Waals surface area contributed by atoms with E-state index in [0.29, 0.717) is 16.9 Å². The molecule has 0 unspecified atom stereocenters. The second-order valence-corrected chi connectivity index (χ2v) is 6.26. The number of ether oxygens (including phenoxy) is 3. The highest BCUT2D eigenvalue weighted by Gasteiger charge is 2.11. The fourth-order valence-electron chi connectivity index (χ4n) is 2.12. The molecule has 0 heterocycles. The van der Waals surface area contributed by atoms with Gasteiger partial charge >= 0.3 is 5.97 Å². The molecule has 132 valence electrons. The largest absolute Gasteiger partial charge is 0.497 e. The zero-order valence-electron chi connectivity index (χ0n) is 14.4. The van der Waals surface area contributed by atoms with Gasteiger partial charge < -0.3 is 14.2 Å². The molecule has 0 radical (unpaired) electrons. The van der Waals surface area contributed by atoms with Gasteiger partial charge in [0.05, 0.1) is 20.0 Å². The summed E-state index contributed by atoms with van der Waals surface area (Å²) in [5.74, 6) is 1.16. The van der Waals surface area contributed by atoms with Crippen LogP contribution in [0, 0.1) is 0 Å². The maximum Gasteiger partial charge on any atom is 0.316 e. The minimum Gasteiger partial charge on any atom is -0.497 e. The third-order valence-corrected chi connectivity index (χ3v) is 4.48. The average molecular weight is 360 g/mol. The molecule has 0 aliphatic heterocycles. The SMILES string of the molecule is COc1ccc(SCC(=O)OCc2cc(C(C)=O)ccc2OC)cc1. The van der Waals surface area contributed by atoms with Crippen molar-refractivity contribution in [3.8, 4) is 11.5 Å². The Bertz CT molecular complexity index is 740. The quantitative estimate of drug-likeness (QED) is 0.406. The molecule has 5 nitrogen and oxygen atoms in total. The lowest BCUT2D eigenvalue weighted by molar-refractivity contribution is -0.141. The van der Waals surface area contributed by atoms with Gasteiger partial charge in [0, 0.05) is 16.0 Å². The third-order valence-electron chi connectivity index (χ3n) is 3.49. The van der Waals surface area contributed by atoms with Crippen molar-refractivity contribution in [1.29, 1.82) is 0 Å². The lowest BCUT2D eigenvalue weighted by Gasteiger charge is -2.10. The van der Waals surface area contributed by atoms with Crippen LogP contribution in [0.3, 0.4) is 0 Å². The molecule has 0 saturated carbocycles. The first kappa shape index (κ1) is 18.9. The van der Waals surface area contributed by atoms with Crippen molar-refractivity contribution < 1.29 is 23.8 Å². The molecule has 0 aliphatic carbocycles. The summed E-state index contributed by atoms with van der Waals surface area (Å²) in [4.78, 5) is 24.4. The first-order valence-corrected chi connectivity index (χ1v) is 8.62. The minimum absolute atomic E-state index is 0.0507. The predicted molar refractivity (Wildman–Crippen MR) is 96.5 cm³/mol. The monoisotopic (exact) mass is 360 g/mol. The van der Waals surface area contributed by atoms with E-state index in [1.165, 1.54) is 25.8 Å². The van der Waals surface area contributed by atoms with Gasteiger partial charge in [0.25, 0.3) is 0 Å². The van der Waals surface area contributed by atoms with Crippen LogP contribution < -0.4 is 9.47 Å². The summed E-state index contributed by atoms with van der Waals surface area (Å²) in [6.45, 7) is 1.55. The number of carbonyl (C=O) groups excluding carboxylic acids is 2. The Kier molecular flexibility index (Phi) is 6.89. The summed E-state index contributed by atoms with van der Waals surface area (Å²) in [5, 5.41) is 0. The molecule has 0 bridgehead atoms. The van der Waals surface area contributed by atoms with Crippen molar-refractivity contribution in [2.24, 2.45) is 0 Å². The van der Waals surface area contributed by atoms with Gasteiger partial charge in [0.1, 0.15) is 18.1 Å². The molecule has 0 amide bonds. The summed E-state index contributed by atoms with van der Waals surface area (Å²) in [6.07, 6.45) is 0. The molecule has 0 fully saturated rings. The van der Waals surface area contributed by atoms with Gasteiger partial charge in [0.15, 0.2) is 5.78 Å². The number of esters is 1. The number of carbonyl (C=O) groups is 2. The van der Waals surface area contributed by atoms with Crippen LogP contribution in [-0.4, -0.2) is 31.7 Å². The van der Waals surface area contributed by atoms with Crippen LogP contribution in [0.1, 0.15) is 22.8 Å². The van der Waals surface area contributed by atoms with Gasteiger partial charge in [-0.05, 0) is 49.4 Å². The summed E-state index contributed by atoms with van der Waals surface area (Å²) < 4.78 is 15.6. The fraction of sp³-hybridized carbons (Fsp3) is 0.263. The van der Waals surface area contributed by atoms with Crippen molar-refractivity contribution >= 4 is 23.5 Å². The maximum atomic E-state index is 12.0. The van der Waals surface area contributed by atoms with Crippen LogP contribution in [0.5, 0.6) is 11.5 Å². The molecule has 0 saturated heterocycles. The number of hydrogen-bond donors (Lipinski definition) is 0. The van der Waals surface area contributed by atoms with Crippen molar-refractivity contribution in [2.45, 2.75) is 18.4 Å². The average Bonchev–Trinajstić information content (AvgIpc) is 2.64. The number of rotatable bonds is 8. The van der Waals surface area contributed by atoms with Gasteiger partial charge in [-0.15, -0.1) is 11.8 Å². The highest BCUT2D eigenvalue weighted by molar-refractivity contribution is 8.00. The molecule has 0 aliphatic rings. The van der Waals surface area contributed by atoms with Crippen LogP contribution in [-0.2, 0) is 16.1 Å². The number of ketones is 1. The summed E-state index contributed by atoms with van der Waals surface area (Å²) >= 11 is 1.39. The van der Waals surface area contributed by atoms with E-state index in [1.807, 2.05) is 24.3 Å². The number of Topliss-reactive ketones (excluding diaryl/α,β-unsaturated/α-hetero) is 1. The van der Waals surface area contributed by atoms with Crippen LogP contribution in [0.15, 0.2) is 47.4 Å². The number of benzene rings is 2. The van der Waals surface area contributed by atoms with Gasteiger partial charge in [-0.25, -0.2) is 0 Å². The Morgan fingerprint density at radius 2 is 1.72 bits per heavy atom. The lowest BCUT2D eigenvalue weighted by atomic mass is 10.1. The van der Waals surface area contributed by atoms with Crippen molar-refractivity contribution in [3.05, 3.63) is 53.6 Å². The van der Waals surface area contributed by atoms with Gasteiger partial charge in [-0.1, -0.05) is 0 Å². The van der Waals surface area contributed by atoms with Crippen LogP contribution in [0.2, 0.25) is 0 Å². The van der Waals surface area contributed by atoms with Gasteiger partial charge in [-0.2, -0.15) is 0 Å².